The van der Waals surface area contributed by atoms with Crippen LogP contribution in [0.1, 0.15) is 6.42 Å². The number of H-pyrrole nitrogens is 1. The van der Waals surface area contributed by atoms with E-state index in [1.807, 2.05) is 0 Å². The molecule has 0 bridgehead atoms. The molecule has 0 saturated carbocycles. The van der Waals surface area contributed by atoms with Crippen LogP contribution in [-0.4, -0.2) is 46.1 Å². The number of aromatic amines is 1. The summed E-state index contributed by atoms with van der Waals surface area (Å²) < 4.78 is 7.08. The average Bonchev–Trinajstić information content (AvgIpc) is 2.95. The molecule has 1 N–H and O–H groups in total. The number of hydrogen-bond acceptors (Lipinski definition) is 5. The number of rotatable bonds is 1. The fourth-order valence-electron chi connectivity index (χ4n) is 2.98. The zero-order valence-electron chi connectivity index (χ0n) is 10.7. The smallest absolute Gasteiger partial charge is 0.263 e. The highest BCUT2D eigenvalue weighted by atomic mass is 16.5. The Morgan fingerprint density at radius 3 is 3.05 bits per heavy atom. The number of aromatic nitrogens is 4. The summed E-state index contributed by atoms with van der Waals surface area (Å²) in [6, 6.07) is 0. The molecule has 7 heteroatoms. The summed E-state index contributed by atoms with van der Waals surface area (Å²) in [6.45, 7) is 3.47. The molecule has 0 amide bonds. The van der Waals surface area contributed by atoms with E-state index in [1.54, 1.807) is 17.9 Å². The van der Waals surface area contributed by atoms with Crippen LogP contribution in [0.15, 0.2) is 11.0 Å². The fraction of sp³-hybridized carbons (Fsp3) is 0.583. The van der Waals surface area contributed by atoms with E-state index in [2.05, 4.69) is 20.0 Å². The molecular weight excluding hydrogens is 246 g/mol. The van der Waals surface area contributed by atoms with Gasteiger partial charge in [0.15, 0.2) is 5.65 Å². The second-order valence-electron chi connectivity index (χ2n) is 5.55. The molecule has 2 saturated heterocycles. The topological polar surface area (TPSA) is 76.0 Å². The van der Waals surface area contributed by atoms with Gasteiger partial charge in [-0.2, -0.15) is 10.1 Å². The minimum Gasteiger partial charge on any atom is -0.381 e. The Kier molecular flexibility index (Phi) is 2.06. The third-order valence-corrected chi connectivity index (χ3v) is 4.13. The first-order valence-electron chi connectivity index (χ1n) is 6.42. The minimum absolute atomic E-state index is 0.128. The maximum absolute atomic E-state index is 12.0. The monoisotopic (exact) mass is 261 g/mol. The summed E-state index contributed by atoms with van der Waals surface area (Å²) in [4.78, 5) is 21.4. The first-order chi connectivity index (χ1) is 9.17. The molecule has 19 heavy (non-hydrogen) atoms. The molecule has 1 spiro atoms. The van der Waals surface area contributed by atoms with Gasteiger partial charge >= 0.3 is 0 Å². The normalized spacial score (nSPS) is 21.2. The van der Waals surface area contributed by atoms with Gasteiger partial charge in [0, 0.05) is 32.2 Å². The minimum atomic E-state index is -0.128. The predicted molar refractivity (Wildman–Crippen MR) is 69.2 cm³/mol. The summed E-state index contributed by atoms with van der Waals surface area (Å²) in [5.74, 6) is 0.638. The van der Waals surface area contributed by atoms with Crippen molar-refractivity contribution in [3.05, 3.63) is 16.6 Å². The molecule has 0 radical (unpaired) electrons. The summed E-state index contributed by atoms with van der Waals surface area (Å²) in [6.07, 6.45) is 2.65. The van der Waals surface area contributed by atoms with Crippen molar-refractivity contribution < 1.29 is 4.74 Å². The third kappa shape index (κ3) is 1.51. The van der Waals surface area contributed by atoms with E-state index < -0.39 is 0 Å². The van der Waals surface area contributed by atoms with Gasteiger partial charge in [-0.3, -0.25) is 14.5 Å². The van der Waals surface area contributed by atoms with Gasteiger partial charge in [-0.15, -0.1) is 0 Å². The van der Waals surface area contributed by atoms with Crippen LogP contribution in [-0.2, 0) is 11.8 Å². The highest BCUT2D eigenvalue weighted by Gasteiger charge is 2.46. The summed E-state index contributed by atoms with van der Waals surface area (Å²) >= 11 is 0. The van der Waals surface area contributed by atoms with Crippen molar-refractivity contribution in [2.45, 2.75) is 6.42 Å². The quantitative estimate of drug-likeness (QED) is 0.774. The van der Waals surface area contributed by atoms with E-state index >= 15 is 0 Å². The van der Waals surface area contributed by atoms with Gasteiger partial charge in [-0.05, 0) is 6.42 Å². The first kappa shape index (κ1) is 11.0. The highest BCUT2D eigenvalue weighted by molar-refractivity contribution is 5.74. The van der Waals surface area contributed by atoms with Crippen LogP contribution in [0.3, 0.4) is 0 Å². The van der Waals surface area contributed by atoms with E-state index in [9.17, 15) is 4.79 Å². The van der Waals surface area contributed by atoms with Crippen molar-refractivity contribution in [3.63, 3.8) is 0 Å². The van der Waals surface area contributed by atoms with E-state index in [0.717, 1.165) is 32.7 Å². The van der Waals surface area contributed by atoms with Crippen molar-refractivity contribution in [2.24, 2.45) is 12.5 Å². The van der Waals surface area contributed by atoms with E-state index in [0.29, 0.717) is 17.0 Å². The lowest BCUT2D eigenvalue weighted by molar-refractivity contribution is 0.130. The molecule has 7 nitrogen and oxygen atoms in total. The van der Waals surface area contributed by atoms with Crippen LogP contribution < -0.4 is 10.5 Å². The Balaban J connectivity index is 1.69. The van der Waals surface area contributed by atoms with Gasteiger partial charge in [0.2, 0.25) is 5.95 Å². The van der Waals surface area contributed by atoms with Gasteiger partial charge in [0.05, 0.1) is 12.8 Å². The van der Waals surface area contributed by atoms with Gasteiger partial charge < -0.3 is 9.64 Å². The molecule has 2 fully saturated rings. The standard InChI is InChI=1S/C12H15N5O2/c1-16-9-8(4-13-16)10(18)15-11(14-9)17-5-12(6-17)2-3-19-7-12/h4H,2-3,5-7H2,1H3,(H,14,15,18). The van der Waals surface area contributed by atoms with Crippen LogP contribution >= 0.6 is 0 Å². The lowest BCUT2D eigenvalue weighted by Gasteiger charge is -2.47. The number of nitrogens with zero attached hydrogens (tertiary/aromatic N) is 4. The summed E-state index contributed by atoms with van der Waals surface area (Å²) in [5, 5.41) is 4.60. The van der Waals surface area contributed by atoms with E-state index in [4.69, 9.17) is 4.74 Å². The van der Waals surface area contributed by atoms with Crippen molar-refractivity contribution in [3.8, 4) is 0 Å². The zero-order chi connectivity index (χ0) is 13.0. The van der Waals surface area contributed by atoms with Crippen molar-refractivity contribution in [1.29, 1.82) is 0 Å². The van der Waals surface area contributed by atoms with E-state index in [-0.39, 0.29) is 11.0 Å². The Morgan fingerprint density at radius 2 is 2.32 bits per heavy atom. The largest absolute Gasteiger partial charge is 0.381 e. The molecule has 4 rings (SSSR count). The second kappa shape index (κ2) is 3.57. The molecule has 2 aliphatic heterocycles. The molecule has 0 unspecified atom stereocenters. The molecule has 4 heterocycles. The first-order valence-corrected chi connectivity index (χ1v) is 6.42. The summed E-state index contributed by atoms with van der Waals surface area (Å²) in [7, 11) is 1.79. The number of fused-ring (bicyclic) bond motifs is 1. The lowest BCUT2D eigenvalue weighted by Crippen LogP contribution is -2.57. The van der Waals surface area contributed by atoms with Crippen LogP contribution in [0.25, 0.3) is 11.0 Å². The number of ether oxygens (including phenoxy) is 1. The lowest BCUT2D eigenvalue weighted by atomic mass is 9.79. The van der Waals surface area contributed by atoms with Crippen molar-refractivity contribution >= 4 is 17.0 Å². The van der Waals surface area contributed by atoms with Crippen LogP contribution in [0.4, 0.5) is 5.95 Å². The zero-order valence-corrected chi connectivity index (χ0v) is 10.7. The predicted octanol–water partition coefficient (Wildman–Crippen LogP) is -0.117. The molecule has 0 aromatic carbocycles. The van der Waals surface area contributed by atoms with Crippen molar-refractivity contribution in [1.82, 2.24) is 19.7 Å². The van der Waals surface area contributed by atoms with Gasteiger partial charge in [0.25, 0.3) is 5.56 Å². The van der Waals surface area contributed by atoms with Crippen molar-refractivity contribution in [2.75, 3.05) is 31.2 Å². The fourth-order valence-corrected chi connectivity index (χ4v) is 2.98. The average molecular weight is 261 g/mol. The molecule has 2 aliphatic rings. The maximum Gasteiger partial charge on any atom is 0.263 e. The summed E-state index contributed by atoms with van der Waals surface area (Å²) in [5.41, 5.74) is 0.777. The second-order valence-corrected chi connectivity index (χ2v) is 5.55. The van der Waals surface area contributed by atoms with Crippen LogP contribution in [0.5, 0.6) is 0 Å². The van der Waals surface area contributed by atoms with E-state index in [1.165, 1.54) is 0 Å². The molecule has 2 aromatic rings. The molecule has 0 atom stereocenters. The number of aryl methyl sites for hydroxylation is 1. The van der Waals surface area contributed by atoms with Gasteiger partial charge in [0.1, 0.15) is 5.39 Å². The Labute approximate surface area is 109 Å². The van der Waals surface area contributed by atoms with Crippen LogP contribution in [0.2, 0.25) is 0 Å². The molecular formula is C12H15N5O2. The number of hydrogen-bond donors (Lipinski definition) is 1. The SMILES string of the molecule is Cn1ncc2c(=O)[nH]c(N3CC4(CCOC4)C3)nc21. The Hall–Kier alpha value is -1.89. The van der Waals surface area contributed by atoms with Gasteiger partial charge in [-0.25, -0.2) is 0 Å². The van der Waals surface area contributed by atoms with Crippen LogP contribution in [0, 0.1) is 5.41 Å². The highest BCUT2D eigenvalue weighted by Crippen LogP contribution is 2.39. The maximum atomic E-state index is 12.0. The molecule has 100 valence electrons. The molecule has 0 aliphatic carbocycles. The van der Waals surface area contributed by atoms with Gasteiger partial charge in [-0.1, -0.05) is 0 Å². The Bertz CT molecular complexity index is 690. The number of nitrogens with one attached hydrogen (secondary N) is 1. The molecule has 2 aromatic heterocycles. The number of anilines is 1. The Morgan fingerprint density at radius 1 is 1.47 bits per heavy atom. The third-order valence-electron chi connectivity index (χ3n) is 4.13.